The van der Waals surface area contributed by atoms with E-state index in [0.29, 0.717) is 19.4 Å². The highest BCUT2D eigenvalue weighted by atomic mass is 32.2. The van der Waals surface area contributed by atoms with Gasteiger partial charge >= 0.3 is 6.03 Å². The number of nitrogens with one attached hydrogen (secondary N) is 1. The first-order chi connectivity index (χ1) is 10.0. The molecule has 6 heteroatoms. The first-order valence-corrected chi connectivity index (χ1v) is 8.98. The Morgan fingerprint density at radius 2 is 1.71 bits per heavy atom. The number of amides is 4. The molecule has 0 bridgehead atoms. The first-order valence-electron chi connectivity index (χ1n) is 7.76. The Bertz CT molecular complexity index is 481. The second-order valence-electron chi connectivity index (χ2n) is 6.53. The molecule has 116 valence electrons. The summed E-state index contributed by atoms with van der Waals surface area (Å²) in [5.41, 5.74) is -0.942. The van der Waals surface area contributed by atoms with E-state index in [-0.39, 0.29) is 16.6 Å². The summed E-state index contributed by atoms with van der Waals surface area (Å²) in [6.07, 6.45) is 9.69. The summed E-state index contributed by atoms with van der Waals surface area (Å²) in [4.78, 5) is 38.2. The minimum Gasteiger partial charge on any atom is -0.277 e. The number of hydrogen-bond donors (Lipinski definition) is 1. The van der Waals surface area contributed by atoms with E-state index in [0.717, 1.165) is 32.1 Å². The molecule has 1 saturated heterocycles. The molecule has 1 aliphatic heterocycles. The summed E-state index contributed by atoms with van der Waals surface area (Å²) < 4.78 is -0.0312. The van der Waals surface area contributed by atoms with Crippen molar-refractivity contribution >= 4 is 29.6 Å². The van der Waals surface area contributed by atoms with Crippen molar-refractivity contribution < 1.29 is 14.4 Å². The van der Waals surface area contributed by atoms with Crippen LogP contribution in [0.1, 0.15) is 51.4 Å². The third-order valence-electron chi connectivity index (χ3n) is 5.41. The number of thioether (sulfide) groups is 1. The van der Waals surface area contributed by atoms with Crippen molar-refractivity contribution in [2.24, 2.45) is 5.41 Å². The predicted octanol–water partition coefficient (Wildman–Crippen LogP) is 2.30. The first kappa shape index (κ1) is 14.9. The standard InChI is InChI=1S/C15H22N2O3S/c1-21-14(6-3-2-4-7-14)10-17-12(19)15(8-5-9-15)11(18)16-13(17)20/h2-10H2,1H3,(H,16,18,20). The molecule has 0 radical (unpaired) electrons. The van der Waals surface area contributed by atoms with Crippen LogP contribution < -0.4 is 5.32 Å². The maximum atomic E-state index is 12.7. The molecular weight excluding hydrogens is 288 g/mol. The van der Waals surface area contributed by atoms with E-state index in [4.69, 9.17) is 0 Å². The van der Waals surface area contributed by atoms with Crippen molar-refractivity contribution in [1.29, 1.82) is 0 Å². The number of barbiturate groups is 1. The molecule has 2 aliphatic carbocycles. The Labute approximate surface area is 129 Å². The van der Waals surface area contributed by atoms with Crippen molar-refractivity contribution in [3.05, 3.63) is 0 Å². The maximum Gasteiger partial charge on any atom is 0.330 e. The molecule has 3 rings (SSSR count). The lowest BCUT2D eigenvalue weighted by Gasteiger charge is -2.47. The van der Waals surface area contributed by atoms with Crippen molar-refractivity contribution in [3.8, 4) is 0 Å². The average molecular weight is 310 g/mol. The van der Waals surface area contributed by atoms with Crippen LogP contribution in [0.2, 0.25) is 0 Å². The summed E-state index contributed by atoms with van der Waals surface area (Å²) in [6.45, 7) is 0.438. The largest absolute Gasteiger partial charge is 0.330 e. The van der Waals surface area contributed by atoms with Gasteiger partial charge in [-0.25, -0.2) is 4.79 Å². The van der Waals surface area contributed by atoms with Crippen LogP contribution in [0.5, 0.6) is 0 Å². The molecule has 0 aromatic rings. The van der Waals surface area contributed by atoms with Crippen molar-refractivity contribution in [2.45, 2.75) is 56.1 Å². The highest BCUT2D eigenvalue weighted by molar-refractivity contribution is 8.00. The Morgan fingerprint density at radius 1 is 1.05 bits per heavy atom. The molecule has 3 fully saturated rings. The average Bonchev–Trinajstić information content (AvgIpc) is 2.43. The summed E-state index contributed by atoms with van der Waals surface area (Å²) >= 11 is 1.76. The highest BCUT2D eigenvalue weighted by Gasteiger charge is 2.58. The molecule has 21 heavy (non-hydrogen) atoms. The summed E-state index contributed by atoms with van der Waals surface area (Å²) in [7, 11) is 0. The smallest absolute Gasteiger partial charge is 0.277 e. The van der Waals surface area contributed by atoms with E-state index >= 15 is 0 Å². The Balaban J connectivity index is 1.81. The zero-order valence-electron chi connectivity index (χ0n) is 12.4. The SMILES string of the molecule is CSC1(CN2C(=O)NC(=O)C3(CCC3)C2=O)CCCCC1. The lowest BCUT2D eigenvalue weighted by Crippen LogP contribution is -2.67. The minimum absolute atomic E-state index is 0.0312. The monoisotopic (exact) mass is 310 g/mol. The lowest BCUT2D eigenvalue weighted by molar-refractivity contribution is -0.158. The van der Waals surface area contributed by atoms with Crippen LogP contribution in [0.15, 0.2) is 0 Å². The van der Waals surface area contributed by atoms with E-state index < -0.39 is 11.4 Å². The number of rotatable bonds is 3. The summed E-state index contributed by atoms with van der Waals surface area (Å²) in [6, 6.07) is -0.526. The molecule has 4 amide bonds. The molecule has 3 aliphatic rings. The zero-order valence-corrected chi connectivity index (χ0v) is 13.3. The Hall–Kier alpha value is -1.04. The zero-order chi connectivity index (χ0) is 15.1. The molecule has 0 unspecified atom stereocenters. The van der Waals surface area contributed by atoms with Gasteiger partial charge in [0, 0.05) is 11.3 Å². The molecule has 1 heterocycles. The van der Waals surface area contributed by atoms with Gasteiger partial charge in [-0.2, -0.15) is 11.8 Å². The van der Waals surface area contributed by atoms with Crippen molar-refractivity contribution in [2.75, 3.05) is 12.8 Å². The molecular formula is C15H22N2O3S. The van der Waals surface area contributed by atoms with Gasteiger partial charge in [0.25, 0.3) is 0 Å². The van der Waals surface area contributed by atoms with E-state index in [9.17, 15) is 14.4 Å². The van der Waals surface area contributed by atoms with E-state index in [1.807, 2.05) is 0 Å². The summed E-state index contributed by atoms with van der Waals surface area (Å²) in [5.74, 6) is -0.650. The Morgan fingerprint density at radius 3 is 2.24 bits per heavy atom. The van der Waals surface area contributed by atoms with Gasteiger partial charge < -0.3 is 0 Å². The van der Waals surface area contributed by atoms with Gasteiger partial charge in [0.1, 0.15) is 5.41 Å². The van der Waals surface area contributed by atoms with Gasteiger partial charge in [-0.15, -0.1) is 0 Å². The number of urea groups is 1. The Kier molecular flexibility index (Phi) is 3.76. The molecule has 2 saturated carbocycles. The van der Waals surface area contributed by atoms with Gasteiger partial charge in [0.2, 0.25) is 11.8 Å². The molecule has 0 aromatic carbocycles. The highest BCUT2D eigenvalue weighted by Crippen LogP contribution is 2.46. The number of nitrogens with zero attached hydrogens (tertiary/aromatic N) is 1. The maximum absolute atomic E-state index is 12.7. The number of imide groups is 2. The van der Waals surface area contributed by atoms with Crippen LogP contribution in [0.25, 0.3) is 0 Å². The van der Waals surface area contributed by atoms with Crippen LogP contribution in [0, 0.1) is 5.41 Å². The van der Waals surface area contributed by atoms with Crippen LogP contribution in [0.4, 0.5) is 4.79 Å². The normalized spacial score (nSPS) is 27.5. The quantitative estimate of drug-likeness (QED) is 0.812. The number of carbonyl (C=O) groups is 3. The van der Waals surface area contributed by atoms with Gasteiger partial charge in [-0.1, -0.05) is 25.7 Å². The van der Waals surface area contributed by atoms with Crippen LogP contribution in [-0.4, -0.2) is 40.3 Å². The second-order valence-corrected chi connectivity index (χ2v) is 7.81. The summed E-state index contributed by atoms with van der Waals surface area (Å²) in [5, 5.41) is 2.40. The topological polar surface area (TPSA) is 66.5 Å². The fraction of sp³-hybridized carbons (Fsp3) is 0.800. The second kappa shape index (κ2) is 5.30. The lowest BCUT2D eigenvalue weighted by atomic mass is 9.66. The number of hydrogen-bond acceptors (Lipinski definition) is 4. The minimum atomic E-state index is -0.942. The third kappa shape index (κ3) is 2.28. The molecule has 0 aromatic heterocycles. The van der Waals surface area contributed by atoms with Gasteiger partial charge in [-0.05, 0) is 31.9 Å². The van der Waals surface area contributed by atoms with Crippen LogP contribution >= 0.6 is 11.8 Å². The number of carbonyl (C=O) groups excluding carboxylic acids is 3. The van der Waals surface area contributed by atoms with Gasteiger partial charge in [0.05, 0.1) is 0 Å². The molecule has 0 atom stereocenters. The molecule has 5 nitrogen and oxygen atoms in total. The van der Waals surface area contributed by atoms with Crippen LogP contribution in [-0.2, 0) is 9.59 Å². The fourth-order valence-electron chi connectivity index (χ4n) is 3.76. The molecule has 1 N–H and O–H groups in total. The van der Waals surface area contributed by atoms with E-state index in [1.54, 1.807) is 11.8 Å². The van der Waals surface area contributed by atoms with Crippen molar-refractivity contribution in [3.63, 3.8) is 0 Å². The van der Waals surface area contributed by atoms with E-state index in [2.05, 4.69) is 11.6 Å². The third-order valence-corrected chi connectivity index (χ3v) is 6.81. The van der Waals surface area contributed by atoms with Gasteiger partial charge in [-0.3, -0.25) is 19.8 Å². The predicted molar refractivity (Wildman–Crippen MR) is 80.9 cm³/mol. The fourth-order valence-corrected chi connectivity index (χ4v) is 4.71. The van der Waals surface area contributed by atoms with Crippen LogP contribution in [0.3, 0.4) is 0 Å². The van der Waals surface area contributed by atoms with E-state index in [1.165, 1.54) is 11.3 Å². The van der Waals surface area contributed by atoms with Crippen molar-refractivity contribution in [1.82, 2.24) is 10.2 Å². The van der Waals surface area contributed by atoms with Gasteiger partial charge in [0.15, 0.2) is 0 Å². The molecule has 1 spiro atoms.